The molecule has 4 heteroatoms. The fourth-order valence-corrected chi connectivity index (χ4v) is 2.35. The third-order valence-corrected chi connectivity index (χ3v) is 3.35. The molecule has 0 aliphatic rings. The molecule has 0 spiro atoms. The van der Waals surface area contributed by atoms with Gasteiger partial charge in [0, 0.05) is 18.5 Å². The molecule has 0 aliphatic carbocycles. The first kappa shape index (κ1) is 16.3. The SMILES string of the molecule is CCN(C(=O)CCc1ccc(OC)c(N)c1)C(C)(C)C. The molecule has 0 aromatic heterocycles. The smallest absolute Gasteiger partial charge is 0.223 e. The molecule has 0 saturated heterocycles. The molecule has 1 amide bonds. The second-order valence-electron chi connectivity index (χ2n) is 5.89. The summed E-state index contributed by atoms with van der Waals surface area (Å²) in [4.78, 5) is 14.2. The summed E-state index contributed by atoms with van der Waals surface area (Å²) >= 11 is 0. The van der Waals surface area contributed by atoms with E-state index in [4.69, 9.17) is 10.5 Å². The lowest BCUT2D eigenvalue weighted by molar-refractivity contribution is -0.135. The van der Waals surface area contributed by atoms with Crippen molar-refractivity contribution >= 4 is 11.6 Å². The highest BCUT2D eigenvalue weighted by atomic mass is 16.5. The van der Waals surface area contributed by atoms with Crippen LogP contribution in [0.15, 0.2) is 18.2 Å². The number of carbonyl (C=O) groups is 1. The van der Waals surface area contributed by atoms with Gasteiger partial charge < -0.3 is 15.4 Å². The van der Waals surface area contributed by atoms with Crippen molar-refractivity contribution < 1.29 is 9.53 Å². The number of rotatable bonds is 5. The van der Waals surface area contributed by atoms with Crippen molar-refractivity contribution in [1.29, 1.82) is 0 Å². The van der Waals surface area contributed by atoms with Gasteiger partial charge in [0.2, 0.25) is 5.91 Å². The highest BCUT2D eigenvalue weighted by Gasteiger charge is 2.24. The number of ether oxygens (including phenoxy) is 1. The van der Waals surface area contributed by atoms with Crippen molar-refractivity contribution in [3.63, 3.8) is 0 Å². The van der Waals surface area contributed by atoms with Gasteiger partial charge in [0.05, 0.1) is 12.8 Å². The Balaban J connectivity index is 2.67. The molecule has 0 fully saturated rings. The molecule has 0 saturated carbocycles. The Kier molecular flexibility index (Phi) is 5.43. The van der Waals surface area contributed by atoms with Crippen LogP contribution in [-0.2, 0) is 11.2 Å². The maximum Gasteiger partial charge on any atom is 0.223 e. The number of benzene rings is 1. The Labute approximate surface area is 121 Å². The fraction of sp³-hybridized carbons (Fsp3) is 0.562. The molecular formula is C16H26N2O2. The minimum atomic E-state index is -0.134. The lowest BCUT2D eigenvalue weighted by Crippen LogP contribution is -2.45. The van der Waals surface area contributed by atoms with E-state index in [1.807, 2.05) is 30.0 Å². The zero-order valence-electron chi connectivity index (χ0n) is 13.2. The van der Waals surface area contributed by atoms with Gasteiger partial charge in [-0.15, -0.1) is 0 Å². The van der Waals surface area contributed by atoms with Gasteiger partial charge in [0.1, 0.15) is 5.75 Å². The van der Waals surface area contributed by atoms with Crippen LogP contribution in [0.1, 0.15) is 39.7 Å². The van der Waals surface area contributed by atoms with Crippen molar-refractivity contribution in [2.24, 2.45) is 0 Å². The summed E-state index contributed by atoms with van der Waals surface area (Å²) in [6.45, 7) is 8.90. The lowest BCUT2D eigenvalue weighted by atomic mass is 10.0. The molecule has 0 bridgehead atoms. The molecule has 0 unspecified atom stereocenters. The zero-order chi connectivity index (χ0) is 15.3. The predicted molar refractivity (Wildman–Crippen MR) is 82.9 cm³/mol. The molecule has 1 aromatic rings. The third kappa shape index (κ3) is 4.15. The Morgan fingerprint density at radius 2 is 2.00 bits per heavy atom. The monoisotopic (exact) mass is 278 g/mol. The van der Waals surface area contributed by atoms with Crippen molar-refractivity contribution in [2.45, 2.75) is 46.1 Å². The second kappa shape index (κ2) is 6.64. The minimum absolute atomic E-state index is 0.134. The Bertz CT molecular complexity index is 464. The van der Waals surface area contributed by atoms with E-state index in [9.17, 15) is 4.79 Å². The van der Waals surface area contributed by atoms with Crippen LogP contribution in [0.25, 0.3) is 0 Å². The first-order valence-corrected chi connectivity index (χ1v) is 7.02. The van der Waals surface area contributed by atoms with E-state index >= 15 is 0 Å². The third-order valence-electron chi connectivity index (χ3n) is 3.35. The highest BCUT2D eigenvalue weighted by molar-refractivity contribution is 5.77. The molecule has 2 N–H and O–H groups in total. The first-order valence-electron chi connectivity index (χ1n) is 7.02. The van der Waals surface area contributed by atoms with Crippen LogP contribution in [-0.4, -0.2) is 30.0 Å². The maximum absolute atomic E-state index is 12.3. The number of carbonyl (C=O) groups excluding carboxylic acids is 1. The topological polar surface area (TPSA) is 55.6 Å². The summed E-state index contributed by atoms with van der Waals surface area (Å²) in [6, 6.07) is 5.67. The average Bonchev–Trinajstić information content (AvgIpc) is 2.35. The van der Waals surface area contributed by atoms with Crippen LogP contribution in [0.3, 0.4) is 0 Å². The quantitative estimate of drug-likeness (QED) is 0.843. The Morgan fingerprint density at radius 3 is 2.45 bits per heavy atom. The predicted octanol–water partition coefficient (Wildman–Crippen LogP) is 2.86. The number of nitrogens with two attached hydrogens (primary N) is 1. The van der Waals surface area contributed by atoms with Crippen LogP contribution < -0.4 is 10.5 Å². The number of anilines is 1. The van der Waals surface area contributed by atoms with Gasteiger partial charge in [-0.1, -0.05) is 6.07 Å². The normalized spacial score (nSPS) is 11.2. The first-order chi connectivity index (χ1) is 9.29. The second-order valence-corrected chi connectivity index (χ2v) is 5.89. The molecule has 0 radical (unpaired) electrons. The van der Waals surface area contributed by atoms with Gasteiger partial charge in [-0.2, -0.15) is 0 Å². The fourth-order valence-electron chi connectivity index (χ4n) is 2.35. The standard InChI is InChI=1S/C16H26N2O2/c1-6-18(16(2,3)4)15(19)10-8-12-7-9-14(20-5)13(17)11-12/h7,9,11H,6,8,10,17H2,1-5H3. The van der Waals surface area contributed by atoms with Gasteiger partial charge in [0.25, 0.3) is 0 Å². The highest BCUT2D eigenvalue weighted by Crippen LogP contribution is 2.23. The van der Waals surface area contributed by atoms with E-state index in [0.29, 0.717) is 24.3 Å². The summed E-state index contributed by atoms with van der Waals surface area (Å²) in [6.07, 6.45) is 1.19. The largest absolute Gasteiger partial charge is 0.495 e. The van der Waals surface area contributed by atoms with Crippen molar-refractivity contribution in [3.8, 4) is 5.75 Å². The summed E-state index contributed by atoms with van der Waals surface area (Å²) < 4.78 is 5.13. The lowest BCUT2D eigenvalue weighted by Gasteiger charge is -2.35. The van der Waals surface area contributed by atoms with E-state index in [1.165, 1.54) is 0 Å². The summed E-state index contributed by atoms with van der Waals surface area (Å²) in [7, 11) is 1.59. The average molecular weight is 278 g/mol. The number of methoxy groups -OCH3 is 1. The van der Waals surface area contributed by atoms with Gasteiger partial charge in [0.15, 0.2) is 0 Å². The Morgan fingerprint density at radius 1 is 1.35 bits per heavy atom. The van der Waals surface area contributed by atoms with Crippen LogP contribution in [0, 0.1) is 0 Å². The van der Waals surface area contributed by atoms with Gasteiger partial charge >= 0.3 is 0 Å². The van der Waals surface area contributed by atoms with Crippen LogP contribution in [0.2, 0.25) is 0 Å². The molecular weight excluding hydrogens is 252 g/mol. The number of nitrogens with zero attached hydrogens (tertiary/aromatic N) is 1. The summed E-state index contributed by atoms with van der Waals surface area (Å²) in [5.41, 5.74) is 7.41. The molecule has 0 aliphatic heterocycles. The zero-order valence-corrected chi connectivity index (χ0v) is 13.2. The molecule has 4 nitrogen and oxygen atoms in total. The summed E-state index contributed by atoms with van der Waals surface area (Å²) in [5, 5.41) is 0. The van der Waals surface area contributed by atoms with Crippen LogP contribution in [0.4, 0.5) is 5.69 Å². The molecule has 1 rings (SSSR count). The van der Waals surface area contributed by atoms with Gasteiger partial charge in [-0.25, -0.2) is 0 Å². The molecule has 0 atom stereocenters. The van der Waals surface area contributed by atoms with Crippen molar-refractivity contribution in [1.82, 2.24) is 4.90 Å². The van der Waals surface area contributed by atoms with E-state index in [-0.39, 0.29) is 11.4 Å². The molecule has 1 aromatic carbocycles. The van der Waals surface area contributed by atoms with Crippen molar-refractivity contribution in [2.75, 3.05) is 19.4 Å². The van der Waals surface area contributed by atoms with Crippen LogP contribution >= 0.6 is 0 Å². The number of hydrogen-bond donors (Lipinski definition) is 1. The van der Waals surface area contributed by atoms with E-state index < -0.39 is 0 Å². The van der Waals surface area contributed by atoms with Crippen molar-refractivity contribution in [3.05, 3.63) is 23.8 Å². The number of amides is 1. The maximum atomic E-state index is 12.3. The number of nitrogen functional groups attached to an aromatic ring is 1. The van der Waals surface area contributed by atoms with Gasteiger partial charge in [-0.3, -0.25) is 4.79 Å². The molecule has 112 valence electrons. The van der Waals surface area contributed by atoms with E-state index in [1.54, 1.807) is 7.11 Å². The minimum Gasteiger partial charge on any atom is -0.495 e. The summed E-state index contributed by atoms with van der Waals surface area (Å²) in [5.74, 6) is 0.847. The van der Waals surface area contributed by atoms with E-state index in [0.717, 1.165) is 12.1 Å². The molecule has 20 heavy (non-hydrogen) atoms. The molecule has 0 heterocycles. The Hall–Kier alpha value is -1.71. The van der Waals surface area contributed by atoms with Crippen LogP contribution in [0.5, 0.6) is 5.75 Å². The van der Waals surface area contributed by atoms with Gasteiger partial charge in [-0.05, 0) is 51.8 Å². The number of aryl methyl sites for hydroxylation is 1. The number of hydrogen-bond acceptors (Lipinski definition) is 3. The van der Waals surface area contributed by atoms with E-state index in [2.05, 4.69) is 20.8 Å².